The molecule has 3 rings (SSSR count). The summed E-state index contributed by atoms with van der Waals surface area (Å²) >= 11 is 0. The first kappa shape index (κ1) is 17.5. The van der Waals surface area contributed by atoms with Gasteiger partial charge in [-0.25, -0.2) is 18.7 Å². The number of halogens is 1. The molecule has 9 heteroatoms. The summed E-state index contributed by atoms with van der Waals surface area (Å²) in [5.41, 5.74) is 1.90. The van der Waals surface area contributed by atoms with Crippen molar-refractivity contribution in [1.82, 2.24) is 19.6 Å². The van der Waals surface area contributed by atoms with Crippen LogP contribution >= 0.6 is 0 Å². The molecule has 0 spiro atoms. The van der Waals surface area contributed by atoms with Crippen LogP contribution in [0.15, 0.2) is 30.3 Å². The molecule has 1 aromatic carbocycles. The molecule has 0 saturated heterocycles. The number of esters is 1. The van der Waals surface area contributed by atoms with Crippen molar-refractivity contribution in [3.05, 3.63) is 53.4 Å². The lowest BCUT2D eigenvalue weighted by Crippen LogP contribution is -2.30. The average Bonchev–Trinajstić information content (AvgIpc) is 3.01. The van der Waals surface area contributed by atoms with Gasteiger partial charge < -0.3 is 10.1 Å². The summed E-state index contributed by atoms with van der Waals surface area (Å²) in [7, 11) is 0. The van der Waals surface area contributed by atoms with Gasteiger partial charge in [0.05, 0.1) is 0 Å². The van der Waals surface area contributed by atoms with Gasteiger partial charge in [-0.15, -0.1) is 5.10 Å². The molecule has 134 valence electrons. The van der Waals surface area contributed by atoms with Crippen LogP contribution in [-0.2, 0) is 9.53 Å². The zero-order valence-corrected chi connectivity index (χ0v) is 14.4. The molecular formula is C17H16FN5O3. The van der Waals surface area contributed by atoms with Gasteiger partial charge in [-0.2, -0.15) is 4.98 Å². The molecule has 0 aliphatic carbocycles. The van der Waals surface area contributed by atoms with Crippen LogP contribution in [0.1, 0.15) is 28.9 Å². The fourth-order valence-electron chi connectivity index (χ4n) is 2.30. The van der Waals surface area contributed by atoms with E-state index >= 15 is 0 Å². The molecule has 1 atom stereocenters. The van der Waals surface area contributed by atoms with Gasteiger partial charge in [-0.1, -0.05) is 0 Å². The molecule has 0 unspecified atom stereocenters. The van der Waals surface area contributed by atoms with Crippen molar-refractivity contribution in [3.63, 3.8) is 0 Å². The minimum absolute atomic E-state index is 0.187. The summed E-state index contributed by atoms with van der Waals surface area (Å²) in [6.45, 7) is 5.03. The van der Waals surface area contributed by atoms with E-state index in [0.29, 0.717) is 5.69 Å². The van der Waals surface area contributed by atoms with E-state index in [9.17, 15) is 14.0 Å². The van der Waals surface area contributed by atoms with Gasteiger partial charge in [-0.05, 0) is 51.1 Å². The summed E-state index contributed by atoms with van der Waals surface area (Å²) in [6, 6.07) is 7.04. The Bertz CT molecular complexity index is 984. The summed E-state index contributed by atoms with van der Waals surface area (Å²) in [5, 5.41) is 6.58. The number of nitrogens with zero attached hydrogens (tertiary/aromatic N) is 4. The highest BCUT2D eigenvalue weighted by atomic mass is 19.1. The predicted octanol–water partition coefficient (Wildman–Crippen LogP) is 2.06. The van der Waals surface area contributed by atoms with E-state index in [0.717, 1.165) is 11.4 Å². The molecule has 1 N–H and O–H groups in total. The van der Waals surface area contributed by atoms with Crippen LogP contribution in [0.3, 0.4) is 0 Å². The molecule has 0 saturated carbocycles. The molecule has 8 nitrogen and oxygen atoms in total. The lowest BCUT2D eigenvalue weighted by Gasteiger charge is -2.12. The van der Waals surface area contributed by atoms with E-state index < -0.39 is 23.8 Å². The number of ether oxygens (including phenoxy) is 1. The van der Waals surface area contributed by atoms with E-state index in [4.69, 9.17) is 4.74 Å². The third kappa shape index (κ3) is 3.66. The van der Waals surface area contributed by atoms with Crippen LogP contribution in [-0.4, -0.2) is 37.6 Å². The highest BCUT2D eigenvalue weighted by Crippen LogP contribution is 2.11. The predicted molar refractivity (Wildman–Crippen MR) is 90.2 cm³/mol. The molecule has 26 heavy (non-hydrogen) atoms. The van der Waals surface area contributed by atoms with Crippen LogP contribution in [0.25, 0.3) is 5.78 Å². The van der Waals surface area contributed by atoms with Crippen LogP contribution in [0, 0.1) is 19.7 Å². The fourth-order valence-corrected chi connectivity index (χ4v) is 2.30. The topological polar surface area (TPSA) is 98.5 Å². The summed E-state index contributed by atoms with van der Waals surface area (Å²) in [6.07, 6.45) is -1.09. The van der Waals surface area contributed by atoms with Gasteiger partial charge in [0.25, 0.3) is 17.5 Å². The second-order valence-electron chi connectivity index (χ2n) is 5.73. The standard InChI is InChI=1S/C17H16FN5O3/c1-9-8-10(2)23-17(19-9)21-14(22-23)16(25)26-11(3)15(24)20-13-6-4-12(18)5-7-13/h4-8,11H,1-3H3,(H,20,24)/t11-/m1/s1. The second kappa shape index (κ2) is 6.87. The molecule has 0 aliphatic heterocycles. The number of amides is 1. The minimum Gasteiger partial charge on any atom is -0.447 e. The first-order valence-electron chi connectivity index (χ1n) is 7.82. The van der Waals surface area contributed by atoms with Crippen LogP contribution in [0.2, 0.25) is 0 Å². The number of rotatable bonds is 4. The fraction of sp³-hybridized carbons (Fsp3) is 0.235. The first-order chi connectivity index (χ1) is 12.3. The lowest BCUT2D eigenvalue weighted by atomic mass is 10.3. The third-order valence-electron chi connectivity index (χ3n) is 3.57. The van der Waals surface area contributed by atoms with Crippen molar-refractivity contribution in [3.8, 4) is 0 Å². The van der Waals surface area contributed by atoms with E-state index in [1.54, 1.807) is 6.07 Å². The SMILES string of the molecule is Cc1cc(C)n2nc(C(=O)O[C@H](C)C(=O)Nc3ccc(F)cc3)nc2n1. The molecule has 2 heterocycles. The molecule has 0 aliphatic rings. The molecular weight excluding hydrogens is 341 g/mol. The largest absolute Gasteiger partial charge is 0.447 e. The van der Waals surface area contributed by atoms with Gasteiger partial charge in [0.15, 0.2) is 6.10 Å². The van der Waals surface area contributed by atoms with E-state index in [1.807, 2.05) is 13.8 Å². The van der Waals surface area contributed by atoms with Gasteiger partial charge in [0, 0.05) is 17.1 Å². The summed E-state index contributed by atoms with van der Waals surface area (Å²) in [4.78, 5) is 32.5. The number of aryl methyl sites for hydroxylation is 2. The summed E-state index contributed by atoms with van der Waals surface area (Å²) in [5.74, 6) is -1.72. The normalized spacial score (nSPS) is 12.0. The van der Waals surface area contributed by atoms with Crippen LogP contribution < -0.4 is 5.32 Å². The average molecular weight is 357 g/mol. The first-order valence-corrected chi connectivity index (χ1v) is 7.82. The quantitative estimate of drug-likeness (QED) is 0.718. The Kier molecular flexibility index (Phi) is 4.61. The Labute approximate surface area is 148 Å². The molecule has 0 bridgehead atoms. The Balaban J connectivity index is 1.69. The van der Waals surface area contributed by atoms with Crippen molar-refractivity contribution < 1.29 is 18.7 Å². The zero-order valence-electron chi connectivity index (χ0n) is 14.4. The summed E-state index contributed by atoms with van der Waals surface area (Å²) < 4.78 is 19.4. The number of hydrogen-bond donors (Lipinski definition) is 1. The number of benzene rings is 1. The second-order valence-corrected chi connectivity index (χ2v) is 5.73. The minimum atomic E-state index is -1.09. The number of carbonyl (C=O) groups excluding carboxylic acids is 2. The third-order valence-corrected chi connectivity index (χ3v) is 3.57. The number of fused-ring (bicyclic) bond motifs is 1. The van der Waals surface area contributed by atoms with E-state index in [1.165, 1.54) is 35.7 Å². The maximum absolute atomic E-state index is 12.9. The molecule has 0 fully saturated rings. The van der Waals surface area contributed by atoms with Crippen LogP contribution in [0.4, 0.5) is 10.1 Å². The van der Waals surface area contributed by atoms with Crippen molar-refractivity contribution in [1.29, 1.82) is 0 Å². The van der Waals surface area contributed by atoms with Crippen molar-refractivity contribution in [2.24, 2.45) is 0 Å². The number of anilines is 1. The van der Waals surface area contributed by atoms with Gasteiger partial charge in [0.2, 0.25) is 0 Å². The highest BCUT2D eigenvalue weighted by molar-refractivity contribution is 5.96. The maximum Gasteiger partial charge on any atom is 0.379 e. The van der Waals surface area contributed by atoms with Gasteiger partial charge in [0.1, 0.15) is 5.82 Å². The monoisotopic (exact) mass is 357 g/mol. The van der Waals surface area contributed by atoms with Crippen molar-refractivity contribution in [2.75, 3.05) is 5.32 Å². The molecule has 0 radical (unpaired) electrons. The Morgan fingerprint density at radius 3 is 2.58 bits per heavy atom. The maximum atomic E-state index is 12.9. The van der Waals surface area contributed by atoms with E-state index in [-0.39, 0.29) is 11.6 Å². The Morgan fingerprint density at radius 1 is 1.19 bits per heavy atom. The van der Waals surface area contributed by atoms with Gasteiger partial charge >= 0.3 is 5.97 Å². The molecule has 1 amide bonds. The smallest absolute Gasteiger partial charge is 0.379 e. The zero-order chi connectivity index (χ0) is 18.8. The molecule has 3 aromatic rings. The number of nitrogens with one attached hydrogen (secondary N) is 1. The van der Waals surface area contributed by atoms with Gasteiger partial charge in [-0.3, -0.25) is 4.79 Å². The van der Waals surface area contributed by atoms with Crippen molar-refractivity contribution >= 4 is 23.3 Å². The highest BCUT2D eigenvalue weighted by Gasteiger charge is 2.23. The number of carbonyl (C=O) groups is 2. The number of aromatic nitrogens is 4. The Hall–Kier alpha value is -3.36. The number of hydrogen-bond acceptors (Lipinski definition) is 6. The molecule has 2 aromatic heterocycles. The van der Waals surface area contributed by atoms with Crippen molar-refractivity contribution in [2.45, 2.75) is 26.9 Å². The van der Waals surface area contributed by atoms with Crippen LogP contribution in [0.5, 0.6) is 0 Å². The Morgan fingerprint density at radius 2 is 1.88 bits per heavy atom. The van der Waals surface area contributed by atoms with E-state index in [2.05, 4.69) is 20.4 Å². The lowest BCUT2D eigenvalue weighted by molar-refractivity contribution is -0.123.